The molecule has 2 saturated heterocycles. The predicted octanol–water partition coefficient (Wildman–Crippen LogP) is 3.51. The second-order valence-corrected chi connectivity index (χ2v) is 12.0. The van der Waals surface area contributed by atoms with E-state index >= 15 is 0 Å². The molecule has 0 bridgehead atoms. The zero-order chi connectivity index (χ0) is 25.4. The first-order chi connectivity index (χ1) is 18.6. The number of hydrogen-bond donors (Lipinski definition) is 4. The molecule has 38 heavy (non-hydrogen) atoms. The van der Waals surface area contributed by atoms with Gasteiger partial charge in [0.15, 0.2) is 5.82 Å². The maximum atomic E-state index is 6.48. The number of aromatic amines is 2. The fraction of sp³-hybridized carbons (Fsp3) is 0.467. The van der Waals surface area contributed by atoms with Gasteiger partial charge in [-0.3, -0.25) is 0 Å². The van der Waals surface area contributed by atoms with Gasteiger partial charge in [0.05, 0.1) is 49.1 Å². The number of hydrogen-bond acceptors (Lipinski definition) is 5. The van der Waals surface area contributed by atoms with Crippen LogP contribution in [0.25, 0.3) is 16.8 Å². The summed E-state index contributed by atoms with van der Waals surface area (Å²) >= 11 is 0. The number of nitrogens with zero attached hydrogens (tertiary/aromatic N) is 2. The summed E-state index contributed by atoms with van der Waals surface area (Å²) in [6.45, 7) is 7.96. The third-order valence-corrected chi connectivity index (χ3v) is 9.10. The number of rotatable bonds is 4. The van der Waals surface area contributed by atoms with Gasteiger partial charge in [0.25, 0.3) is 0 Å². The molecule has 8 heteroatoms. The lowest BCUT2D eigenvalue weighted by Gasteiger charge is -2.40. The Balaban J connectivity index is 1.08. The van der Waals surface area contributed by atoms with E-state index in [1.807, 2.05) is 12.4 Å². The van der Waals surface area contributed by atoms with Crippen LogP contribution in [0.2, 0.25) is 0 Å². The summed E-state index contributed by atoms with van der Waals surface area (Å²) in [6.07, 6.45) is 10.8. The van der Waals surface area contributed by atoms with Crippen LogP contribution in [-0.2, 0) is 11.3 Å². The minimum atomic E-state index is 0.000952. The van der Waals surface area contributed by atoms with Gasteiger partial charge < -0.3 is 30.1 Å². The molecule has 2 aromatic heterocycles. The molecule has 6 atom stereocenters. The number of ether oxygens (including phenoxy) is 2. The largest absolute Gasteiger partial charge is 0.489 e. The molecule has 3 aromatic rings. The van der Waals surface area contributed by atoms with Gasteiger partial charge in [0, 0.05) is 29.4 Å². The van der Waals surface area contributed by atoms with Gasteiger partial charge in [0.1, 0.15) is 24.2 Å². The summed E-state index contributed by atoms with van der Waals surface area (Å²) in [7, 11) is 0. The van der Waals surface area contributed by atoms with E-state index < -0.39 is 0 Å². The van der Waals surface area contributed by atoms with Crippen molar-refractivity contribution < 1.29 is 14.8 Å². The number of nitrogens with two attached hydrogens (primary N) is 1. The smallest absolute Gasteiger partial charge is 0.165 e. The molecule has 6 unspecified atom stereocenters. The monoisotopic (exact) mass is 511 g/mol. The lowest BCUT2D eigenvalue weighted by Crippen LogP contribution is -2.82. The third kappa shape index (κ3) is 3.69. The highest BCUT2D eigenvalue weighted by molar-refractivity contribution is 5.77. The zero-order valence-electron chi connectivity index (χ0n) is 22.0. The molecule has 0 saturated carbocycles. The molecule has 196 valence electrons. The van der Waals surface area contributed by atoms with E-state index in [1.165, 1.54) is 29.7 Å². The minimum absolute atomic E-state index is 0.000952. The molecule has 0 radical (unpaired) electrons. The molecular weight excluding hydrogens is 476 g/mol. The van der Waals surface area contributed by atoms with Crippen LogP contribution in [0.5, 0.6) is 5.75 Å². The van der Waals surface area contributed by atoms with E-state index in [0.717, 1.165) is 58.8 Å². The summed E-state index contributed by atoms with van der Waals surface area (Å²) in [5, 5.41) is 5.97. The van der Waals surface area contributed by atoms with E-state index in [0.29, 0.717) is 31.2 Å². The molecule has 4 aliphatic heterocycles. The van der Waals surface area contributed by atoms with Gasteiger partial charge in [-0.2, -0.15) is 0 Å². The first-order valence-electron chi connectivity index (χ1n) is 14.1. The van der Waals surface area contributed by atoms with Crippen LogP contribution in [0, 0.1) is 11.8 Å². The molecule has 5 N–H and O–H groups in total. The highest BCUT2D eigenvalue weighted by Gasteiger charge is 2.40. The Kier molecular flexibility index (Phi) is 5.19. The Hall–Kier alpha value is -3.20. The standard InChI is InChI=1S/C30H34N6O2/c1-15-3-21(31-9-15)29-33-11-23(35-29)17-5-19-13-38-26-8-18(6-20-14-37-25(7-17)27(19)28(20)26)24-12-34-30(36-24)22-4-16(2)10-32-22/h5-8,11-12,15-16,21-22,25,27,31-32H,3-4,9-10,13-14H2,1-2H3,(H,33,35)(H,34,36)/p+1. The van der Waals surface area contributed by atoms with E-state index in [9.17, 15) is 0 Å². The summed E-state index contributed by atoms with van der Waals surface area (Å²) < 4.78 is 12.9. The molecule has 5 aliphatic rings. The molecule has 1 aliphatic carbocycles. The van der Waals surface area contributed by atoms with Gasteiger partial charge in [-0.1, -0.05) is 13.8 Å². The van der Waals surface area contributed by atoms with Crippen molar-refractivity contribution >= 4 is 5.57 Å². The molecular formula is C30H35N6O2+. The van der Waals surface area contributed by atoms with Gasteiger partial charge in [-0.15, -0.1) is 0 Å². The van der Waals surface area contributed by atoms with Crippen molar-refractivity contribution in [3.63, 3.8) is 0 Å². The highest BCUT2D eigenvalue weighted by Crippen LogP contribution is 2.50. The van der Waals surface area contributed by atoms with Crippen LogP contribution >= 0.6 is 0 Å². The number of H-pyrrole nitrogens is 2. The topological polar surface area (TPSA) is 104 Å². The minimum Gasteiger partial charge on any atom is -0.489 e. The van der Waals surface area contributed by atoms with E-state index in [1.54, 1.807) is 0 Å². The van der Waals surface area contributed by atoms with Crippen molar-refractivity contribution in [1.29, 1.82) is 0 Å². The fourth-order valence-corrected chi connectivity index (χ4v) is 7.09. The van der Waals surface area contributed by atoms with Crippen molar-refractivity contribution in [2.24, 2.45) is 11.8 Å². The van der Waals surface area contributed by atoms with Crippen molar-refractivity contribution in [2.45, 2.75) is 57.4 Å². The predicted molar refractivity (Wildman–Crippen MR) is 143 cm³/mol. The van der Waals surface area contributed by atoms with Gasteiger partial charge in [-0.25, -0.2) is 9.97 Å². The van der Waals surface area contributed by atoms with Crippen LogP contribution in [0.4, 0.5) is 0 Å². The van der Waals surface area contributed by atoms with Crippen molar-refractivity contribution in [3.05, 3.63) is 70.7 Å². The first kappa shape index (κ1) is 22.8. The van der Waals surface area contributed by atoms with E-state index in [-0.39, 0.29) is 12.0 Å². The summed E-state index contributed by atoms with van der Waals surface area (Å²) in [6, 6.07) is 5.18. The lowest BCUT2D eigenvalue weighted by atomic mass is 9.75. The molecule has 0 spiro atoms. The SMILES string of the molecule is CC1CNC(c2ncc(C3=CC4OCc5cc(-c6cnc(C7CC(C)C[NH2+]7)[nH]6)cc6c5C4C(=C3)CO6)[nH]2)C1. The average molecular weight is 512 g/mol. The van der Waals surface area contributed by atoms with Gasteiger partial charge in [-0.05, 0) is 59.9 Å². The van der Waals surface area contributed by atoms with Crippen molar-refractivity contribution in [2.75, 3.05) is 19.7 Å². The van der Waals surface area contributed by atoms with E-state index in [4.69, 9.17) is 19.4 Å². The van der Waals surface area contributed by atoms with Crippen LogP contribution in [0.15, 0.2) is 42.3 Å². The summed E-state index contributed by atoms with van der Waals surface area (Å²) in [4.78, 5) is 16.6. The Morgan fingerprint density at radius 3 is 2.68 bits per heavy atom. The number of aromatic nitrogens is 4. The second-order valence-electron chi connectivity index (χ2n) is 12.0. The van der Waals surface area contributed by atoms with Gasteiger partial charge >= 0.3 is 0 Å². The molecule has 8 nitrogen and oxygen atoms in total. The zero-order valence-corrected chi connectivity index (χ0v) is 22.0. The normalized spacial score (nSPS) is 31.5. The Morgan fingerprint density at radius 2 is 1.84 bits per heavy atom. The van der Waals surface area contributed by atoms with Gasteiger partial charge in [0.2, 0.25) is 0 Å². The van der Waals surface area contributed by atoms with Crippen LogP contribution in [-0.4, -0.2) is 45.7 Å². The number of nitrogens with one attached hydrogen (secondary N) is 3. The molecule has 0 amide bonds. The number of quaternary nitrogens is 1. The third-order valence-electron chi connectivity index (χ3n) is 9.10. The molecule has 6 heterocycles. The fourth-order valence-electron chi connectivity index (χ4n) is 7.09. The lowest BCUT2D eigenvalue weighted by molar-refractivity contribution is -0.679. The number of allylic oxidation sites excluding steroid dienone is 2. The second kappa shape index (κ2) is 8.66. The van der Waals surface area contributed by atoms with Crippen molar-refractivity contribution in [3.8, 4) is 17.0 Å². The summed E-state index contributed by atoms with van der Waals surface area (Å²) in [5.41, 5.74) is 8.12. The van der Waals surface area contributed by atoms with Crippen LogP contribution in [0.1, 0.15) is 73.2 Å². The maximum Gasteiger partial charge on any atom is 0.165 e. The van der Waals surface area contributed by atoms with E-state index in [2.05, 4.69) is 58.7 Å². The Morgan fingerprint density at radius 1 is 0.974 bits per heavy atom. The summed E-state index contributed by atoms with van der Waals surface area (Å²) in [5.74, 6) is 4.69. The van der Waals surface area contributed by atoms with Crippen LogP contribution < -0.4 is 15.4 Å². The first-order valence-corrected chi connectivity index (χ1v) is 14.1. The highest BCUT2D eigenvalue weighted by atomic mass is 16.5. The molecule has 8 rings (SSSR count). The Bertz CT molecular complexity index is 1450. The number of benzene rings is 1. The Labute approximate surface area is 222 Å². The quantitative estimate of drug-likeness (QED) is 0.429. The number of imidazole rings is 2. The average Bonchev–Trinajstić information content (AvgIpc) is 3.74. The van der Waals surface area contributed by atoms with Crippen LogP contribution in [0.3, 0.4) is 0 Å². The molecule has 2 fully saturated rings. The maximum absolute atomic E-state index is 6.48. The van der Waals surface area contributed by atoms with Crippen molar-refractivity contribution in [1.82, 2.24) is 25.3 Å². The molecule has 1 aromatic carbocycles.